The Morgan fingerprint density at radius 1 is 1.60 bits per heavy atom. The minimum Gasteiger partial charge on any atom is -0.480 e. The normalized spacial score (nSPS) is 20.1. The maximum Gasteiger partial charge on any atom is 0.323 e. The number of morpholine rings is 1. The van der Waals surface area contributed by atoms with Gasteiger partial charge in [-0.3, -0.25) is 9.69 Å². The highest BCUT2D eigenvalue weighted by molar-refractivity contribution is 7.08. The van der Waals surface area contributed by atoms with Crippen LogP contribution in [0.1, 0.15) is 5.89 Å². The molecule has 1 atom stereocenters. The maximum absolute atomic E-state index is 11.2. The Balaban J connectivity index is 1.72. The SMILES string of the molecule is O=C(O)C1COCCN1Cc1nc(-c2ccsc2)no1. The van der Waals surface area contributed by atoms with Crippen molar-refractivity contribution in [2.75, 3.05) is 19.8 Å². The molecule has 1 fully saturated rings. The van der Waals surface area contributed by atoms with E-state index < -0.39 is 12.0 Å². The van der Waals surface area contributed by atoms with Gasteiger partial charge in [-0.1, -0.05) is 5.16 Å². The van der Waals surface area contributed by atoms with Crippen LogP contribution in [-0.2, 0) is 16.1 Å². The third-order valence-corrected chi connectivity index (χ3v) is 3.79. The van der Waals surface area contributed by atoms with E-state index in [-0.39, 0.29) is 6.61 Å². The third kappa shape index (κ3) is 2.72. The van der Waals surface area contributed by atoms with Gasteiger partial charge in [0.1, 0.15) is 6.04 Å². The average molecular weight is 295 g/mol. The van der Waals surface area contributed by atoms with Crippen LogP contribution in [0.3, 0.4) is 0 Å². The third-order valence-electron chi connectivity index (χ3n) is 3.11. The maximum atomic E-state index is 11.2. The summed E-state index contributed by atoms with van der Waals surface area (Å²) in [5, 5.41) is 16.9. The fourth-order valence-electron chi connectivity index (χ4n) is 2.06. The molecule has 1 unspecified atom stereocenters. The first-order valence-corrected chi connectivity index (χ1v) is 7.08. The van der Waals surface area contributed by atoms with Crippen LogP contribution in [0.2, 0.25) is 0 Å². The average Bonchev–Trinajstić information content (AvgIpc) is 3.09. The van der Waals surface area contributed by atoms with Gasteiger partial charge in [-0.05, 0) is 11.4 Å². The molecule has 2 aromatic heterocycles. The Labute approximate surface area is 118 Å². The molecule has 3 heterocycles. The number of carboxylic acids is 1. The molecule has 8 heteroatoms. The molecule has 106 valence electrons. The summed E-state index contributed by atoms with van der Waals surface area (Å²) in [6.07, 6.45) is 0. The number of rotatable bonds is 4. The van der Waals surface area contributed by atoms with Crippen molar-refractivity contribution >= 4 is 17.3 Å². The Kier molecular flexibility index (Phi) is 3.77. The van der Waals surface area contributed by atoms with Crippen LogP contribution in [0.15, 0.2) is 21.3 Å². The number of nitrogens with zero attached hydrogens (tertiary/aromatic N) is 3. The fourth-order valence-corrected chi connectivity index (χ4v) is 2.69. The summed E-state index contributed by atoms with van der Waals surface area (Å²) in [6, 6.07) is 1.24. The van der Waals surface area contributed by atoms with Crippen LogP contribution >= 0.6 is 11.3 Å². The lowest BCUT2D eigenvalue weighted by molar-refractivity contribution is -0.150. The van der Waals surface area contributed by atoms with Crippen molar-refractivity contribution < 1.29 is 19.2 Å². The molecule has 7 nitrogen and oxygen atoms in total. The van der Waals surface area contributed by atoms with E-state index in [1.807, 2.05) is 16.8 Å². The second-order valence-electron chi connectivity index (χ2n) is 4.42. The molecular formula is C12H13N3O4S. The number of ether oxygens (including phenoxy) is 1. The molecule has 0 saturated carbocycles. The van der Waals surface area contributed by atoms with Crippen molar-refractivity contribution in [2.24, 2.45) is 0 Å². The Morgan fingerprint density at radius 2 is 2.50 bits per heavy atom. The van der Waals surface area contributed by atoms with Gasteiger partial charge in [0.15, 0.2) is 0 Å². The molecule has 20 heavy (non-hydrogen) atoms. The second kappa shape index (κ2) is 5.70. The van der Waals surface area contributed by atoms with Crippen LogP contribution in [0.4, 0.5) is 0 Å². The monoisotopic (exact) mass is 295 g/mol. The summed E-state index contributed by atoms with van der Waals surface area (Å²) in [6.45, 7) is 1.54. The van der Waals surface area contributed by atoms with Crippen LogP contribution in [-0.4, -0.2) is 51.9 Å². The summed E-state index contributed by atoms with van der Waals surface area (Å²) in [5.41, 5.74) is 0.904. The predicted molar refractivity (Wildman–Crippen MR) is 70.3 cm³/mol. The van der Waals surface area contributed by atoms with E-state index in [0.717, 1.165) is 5.56 Å². The van der Waals surface area contributed by atoms with Gasteiger partial charge in [0.25, 0.3) is 0 Å². The lowest BCUT2D eigenvalue weighted by Crippen LogP contribution is -2.49. The number of thiophene rings is 1. The quantitative estimate of drug-likeness (QED) is 0.902. The van der Waals surface area contributed by atoms with Gasteiger partial charge >= 0.3 is 5.97 Å². The van der Waals surface area contributed by atoms with E-state index in [1.54, 1.807) is 16.2 Å². The lowest BCUT2D eigenvalue weighted by Gasteiger charge is -2.31. The zero-order chi connectivity index (χ0) is 13.9. The molecule has 1 saturated heterocycles. The van der Waals surface area contributed by atoms with E-state index in [0.29, 0.717) is 31.4 Å². The minimum atomic E-state index is -0.901. The summed E-state index contributed by atoms with van der Waals surface area (Å²) in [7, 11) is 0. The molecule has 0 amide bonds. The predicted octanol–water partition coefficient (Wildman–Crippen LogP) is 1.08. The van der Waals surface area contributed by atoms with Crippen LogP contribution in [0.25, 0.3) is 11.4 Å². The molecule has 2 aromatic rings. The van der Waals surface area contributed by atoms with Gasteiger partial charge < -0.3 is 14.4 Å². The number of hydrogen-bond donors (Lipinski definition) is 1. The molecule has 1 aliphatic heterocycles. The topological polar surface area (TPSA) is 88.7 Å². The number of hydrogen-bond acceptors (Lipinski definition) is 7. The standard InChI is InChI=1S/C12H13N3O4S/c16-12(17)9-6-18-3-2-15(9)5-10-13-11(14-19-10)8-1-4-20-7-8/h1,4,7,9H,2-3,5-6H2,(H,16,17). The number of carbonyl (C=O) groups is 1. The zero-order valence-corrected chi connectivity index (χ0v) is 11.4. The van der Waals surface area contributed by atoms with Gasteiger partial charge in [0.05, 0.1) is 19.8 Å². The van der Waals surface area contributed by atoms with E-state index in [2.05, 4.69) is 10.1 Å². The Morgan fingerprint density at radius 3 is 3.25 bits per heavy atom. The molecular weight excluding hydrogens is 282 g/mol. The van der Waals surface area contributed by atoms with Gasteiger partial charge in [-0.25, -0.2) is 0 Å². The molecule has 0 aromatic carbocycles. The van der Waals surface area contributed by atoms with Gasteiger partial charge in [0.2, 0.25) is 11.7 Å². The first-order chi connectivity index (χ1) is 9.74. The van der Waals surface area contributed by atoms with E-state index in [9.17, 15) is 4.79 Å². The minimum absolute atomic E-state index is 0.181. The Hall–Kier alpha value is -1.77. The molecule has 0 spiro atoms. The van der Waals surface area contributed by atoms with Crippen molar-refractivity contribution in [3.63, 3.8) is 0 Å². The zero-order valence-electron chi connectivity index (χ0n) is 10.6. The first kappa shape index (κ1) is 13.2. The summed E-state index contributed by atoms with van der Waals surface area (Å²) >= 11 is 1.56. The van der Waals surface area contributed by atoms with Crippen molar-refractivity contribution in [3.8, 4) is 11.4 Å². The first-order valence-electron chi connectivity index (χ1n) is 6.14. The van der Waals surface area contributed by atoms with Crippen molar-refractivity contribution in [1.82, 2.24) is 15.0 Å². The molecule has 0 aliphatic carbocycles. The van der Waals surface area contributed by atoms with E-state index >= 15 is 0 Å². The smallest absolute Gasteiger partial charge is 0.323 e. The highest BCUT2D eigenvalue weighted by Crippen LogP contribution is 2.20. The lowest BCUT2D eigenvalue weighted by atomic mass is 10.2. The summed E-state index contributed by atoms with van der Waals surface area (Å²) in [5.74, 6) is 0.0445. The van der Waals surface area contributed by atoms with Crippen molar-refractivity contribution in [1.29, 1.82) is 0 Å². The van der Waals surface area contributed by atoms with E-state index in [1.165, 1.54) is 0 Å². The van der Waals surface area contributed by atoms with Crippen molar-refractivity contribution in [2.45, 2.75) is 12.6 Å². The van der Waals surface area contributed by atoms with Crippen LogP contribution in [0, 0.1) is 0 Å². The van der Waals surface area contributed by atoms with Crippen LogP contribution in [0.5, 0.6) is 0 Å². The van der Waals surface area contributed by atoms with Gasteiger partial charge in [-0.15, -0.1) is 0 Å². The number of aromatic nitrogens is 2. The highest BCUT2D eigenvalue weighted by atomic mass is 32.1. The van der Waals surface area contributed by atoms with Gasteiger partial charge in [-0.2, -0.15) is 16.3 Å². The number of carboxylic acid groups (broad SMARTS) is 1. The fraction of sp³-hybridized carbons (Fsp3) is 0.417. The van der Waals surface area contributed by atoms with Gasteiger partial charge in [0, 0.05) is 17.5 Å². The molecule has 1 N–H and O–H groups in total. The summed E-state index contributed by atoms with van der Waals surface area (Å²) < 4.78 is 10.4. The van der Waals surface area contributed by atoms with Crippen LogP contribution < -0.4 is 0 Å². The molecule has 1 aliphatic rings. The van der Waals surface area contributed by atoms with E-state index in [4.69, 9.17) is 14.4 Å². The van der Waals surface area contributed by atoms with Crippen molar-refractivity contribution in [3.05, 3.63) is 22.7 Å². The second-order valence-corrected chi connectivity index (χ2v) is 5.20. The molecule has 3 rings (SSSR count). The highest BCUT2D eigenvalue weighted by Gasteiger charge is 2.30. The largest absolute Gasteiger partial charge is 0.480 e. The number of aliphatic carboxylic acids is 1. The summed E-state index contributed by atoms with van der Waals surface area (Å²) in [4.78, 5) is 17.2. The molecule has 0 radical (unpaired) electrons. The molecule has 0 bridgehead atoms. The Bertz CT molecular complexity index is 583.